The summed E-state index contributed by atoms with van der Waals surface area (Å²) in [6.07, 6.45) is -2.64. The highest BCUT2D eigenvalue weighted by molar-refractivity contribution is 6.35. The topological polar surface area (TPSA) is 78.7 Å². The van der Waals surface area contributed by atoms with Crippen molar-refractivity contribution in [2.24, 2.45) is 0 Å². The van der Waals surface area contributed by atoms with E-state index in [1.54, 1.807) is 34.6 Å². The Bertz CT molecular complexity index is 1660. The Kier molecular flexibility index (Phi) is 7.72. The van der Waals surface area contributed by atoms with E-state index in [0.29, 0.717) is 37.3 Å². The van der Waals surface area contributed by atoms with Crippen molar-refractivity contribution in [2.75, 3.05) is 26.2 Å². The number of fused-ring (bicyclic) bond motifs is 4. The molecule has 2 aliphatic rings. The summed E-state index contributed by atoms with van der Waals surface area (Å²) in [7, 11) is 0. The molecular formula is C32H31ClF2N4O3. The molecule has 4 aromatic rings. The first-order valence-corrected chi connectivity index (χ1v) is 14.5. The van der Waals surface area contributed by atoms with Gasteiger partial charge in [0.2, 0.25) is 0 Å². The number of likely N-dealkylation sites (tertiary alicyclic amines) is 1. The molecule has 7 nitrogen and oxygen atoms in total. The molecule has 10 heteroatoms. The van der Waals surface area contributed by atoms with Crippen LogP contribution in [0.5, 0.6) is 0 Å². The number of carboxylic acid groups (broad SMARTS) is 1. The SMILES string of the molecule is CC(c1nc2cccc(Cl)c2c(=O)n1C1CCN(CC(F)F)CC1)N(CC1c2ccccc2-c2ccccc21)C(=O)O. The first kappa shape index (κ1) is 28.3. The Morgan fingerprint density at radius 3 is 2.24 bits per heavy atom. The van der Waals surface area contributed by atoms with Crippen LogP contribution in [0.1, 0.15) is 54.7 Å². The molecule has 0 bridgehead atoms. The lowest BCUT2D eigenvalue weighted by molar-refractivity contribution is 0.0687. The summed E-state index contributed by atoms with van der Waals surface area (Å²) in [4.78, 5) is 34.8. The van der Waals surface area contributed by atoms with E-state index in [1.807, 2.05) is 36.4 Å². The van der Waals surface area contributed by atoms with Gasteiger partial charge in [-0.3, -0.25) is 19.2 Å². The number of piperidine rings is 1. The summed E-state index contributed by atoms with van der Waals surface area (Å²) in [5, 5.41) is 11.1. The van der Waals surface area contributed by atoms with Gasteiger partial charge in [-0.2, -0.15) is 0 Å². The van der Waals surface area contributed by atoms with Gasteiger partial charge in [0.15, 0.2) is 0 Å². The molecule has 1 aliphatic carbocycles. The van der Waals surface area contributed by atoms with Crippen molar-refractivity contribution in [1.29, 1.82) is 0 Å². The maximum Gasteiger partial charge on any atom is 0.407 e. The fraction of sp³-hybridized carbons (Fsp3) is 0.344. The molecule has 1 unspecified atom stereocenters. The van der Waals surface area contributed by atoms with Crippen LogP contribution in [0.2, 0.25) is 5.02 Å². The molecule has 0 radical (unpaired) electrons. The highest BCUT2D eigenvalue weighted by Crippen LogP contribution is 2.45. The molecule has 42 heavy (non-hydrogen) atoms. The highest BCUT2D eigenvalue weighted by atomic mass is 35.5. The van der Waals surface area contributed by atoms with Crippen LogP contribution < -0.4 is 5.56 Å². The smallest absolute Gasteiger partial charge is 0.407 e. The standard InChI is InChI=1S/C32H31ClF2N4O3/c1-19(38(32(41)42)17-25-23-9-4-2-7-21(23)22-8-3-5-10-24(22)25)30-36-27-12-6-11-26(33)29(27)31(40)39(30)20-13-15-37(16-14-20)18-28(34)35/h2-12,19-20,25,28H,13-18H2,1H3,(H,41,42). The number of benzene rings is 3. The maximum atomic E-state index is 14.0. The second-order valence-electron chi connectivity index (χ2n) is 11.0. The summed E-state index contributed by atoms with van der Waals surface area (Å²) < 4.78 is 27.6. The minimum atomic E-state index is -2.43. The second kappa shape index (κ2) is 11.5. The molecule has 1 saturated heterocycles. The predicted molar refractivity (Wildman–Crippen MR) is 159 cm³/mol. The van der Waals surface area contributed by atoms with Crippen molar-refractivity contribution in [2.45, 2.75) is 44.2 Å². The molecule has 1 aliphatic heterocycles. The van der Waals surface area contributed by atoms with E-state index in [9.17, 15) is 23.5 Å². The van der Waals surface area contributed by atoms with E-state index in [-0.39, 0.29) is 41.0 Å². The van der Waals surface area contributed by atoms with Crippen molar-refractivity contribution in [1.82, 2.24) is 19.4 Å². The van der Waals surface area contributed by atoms with Crippen LogP contribution in [0.4, 0.5) is 13.6 Å². The fourth-order valence-corrected chi connectivity index (χ4v) is 6.87. The lowest BCUT2D eigenvalue weighted by atomic mass is 9.95. The zero-order valence-electron chi connectivity index (χ0n) is 23.1. The van der Waals surface area contributed by atoms with Gasteiger partial charge in [0.05, 0.1) is 28.5 Å². The molecular weight excluding hydrogens is 562 g/mol. The summed E-state index contributed by atoms with van der Waals surface area (Å²) in [5.74, 6) is 0.132. The van der Waals surface area contributed by atoms with Crippen LogP contribution in [-0.4, -0.2) is 63.2 Å². The zero-order valence-corrected chi connectivity index (χ0v) is 23.8. The molecule has 3 aromatic carbocycles. The third-order valence-corrected chi connectivity index (χ3v) is 8.97. The molecule has 1 amide bonds. The lowest BCUT2D eigenvalue weighted by Gasteiger charge is -2.36. The number of nitrogens with zero attached hydrogens (tertiary/aromatic N) is 4. The van der Waals surface area contributed by atoms with Gasteiger partial charge in [-0.15, -0.1) is 0 Å². The quantitative estimate of drug-likeness (QED) is 0.255. The van der Waals surface area contributed by atoms with E-state index >= 15 is 0 Å². The van der Waals surface area contributed by atoms with Gasteiger partial charge >= 0.3 is 6.09 Å². The number of carbonyl (C=O) groups is 1. The summed E-state index contributed by atoms with van der Waals surface area (Å²) in [5.41, 5.74) is 4.33. The van der Waals surface area contributed by atoms with E-state index < -0.39 is 18.6 Å². The number of hydrogen-bond acceptors (Lipinski definition) is 4. The minimum absolute atomic E-state index is 0.167. The number of halogens is 3. The number of amides is 1. The van der Waals surface area contributed by atoms with E-state index in [4.69, 9.17) is 16.6 Å². The third-order valence-electron chi connectivity index (χ3n) is 8.65. The Morgan fingerprint density at radius 1 is 1.02 bits per heavy atom. The fourth-order valence-electron chi connectivity index (χ4n) is 6.62. The van der Waals surface area contributed by atoms with Crippen LogP contribution in [-0.2, 0) is 0 Å². The van der Waals surface area contributed by atoms with E-state index in [2.05, 4.69) is 12.1 Å². The minimum Gasteiger partial charge on any atom is -0.465 e. The Hall–Kier alpha value is -3.82. The molecule has 218 valence electrons. The third kappa shape index (κ3) is 5.05. The van der Waals surface area contributed by atoms with Crippen LogP contribution in [0.25, 0.3) is 22.0 Å². The van der Waals surface area contributed by atoms with Crippen molar-refractivity contribution < 1.29 is 18.7 Å². The van der Waals surface area contributed by atoms with Crippen molar-refractivity contribution in [3.05, 3.63) is 99.1 Å². The molecule has 1 aromatic heterocycles. The highest BCUT2D eigenvalue weighted by Gasteiger charge is 2.36. The molecule has 1 atom stereocenters. The van der Waals surface area contributed by atoms with Gasteiger partial charge in [0.25, 0.3) is 12.0 Å². The number of hydrogen-bond donors (Lipinski definition) is 1. The van der Waals surface area contributed by atoms with Crippen molar-refractivity contribution in [3.8, 4) is 11.1 Å². The monoisotopic (exact) mass is 592 g/mol. The number of aromatic nitrogens is 2. The maximum absolute atomic E-state index is 14.0. The van der Waals surface area contributed by atoms with Gasteiger partial charge in [-0.25, -0.2) is 18.6 Å². The van der Waals surface area contributed by atoms with Crippen LogP contribution in [0, 0.1) is 0 Å². The van der Waals surface area contributed by atoms with E-state index in [0.717, 1.165) is 22.3 Å². The Morgan fingerprint density at radius 2 is 1.64 bits per heavy atom. The van der Waals surface area contributed by atoms with Crippen molar-refractivity contribution >= 4 is 28.6 Å². The van der Waals surface area contributed by atoms with Gasteiger partial charge < -0.3 is 5.11 Å². The summed E-state index contributed by atoms with van der Waals surface area (Å²) in [6.45, 7) is 2.40. The molecule has 0 saturated carbocycles. The van der Waals surface area contributed by atoms with Crippen LogP contribution in [0.3, 0.4) is 0 Å². The van der Waals surface area contributed by atoms with Crippen LogP contribution >= 0.6 is 11.6 Å². The molecule has 2 heterocycles. The average molecular weight is 593 g/mol. The Balaban J connectivity index is 1.41. The molecule has 0 spiro atoms. The summed E-state index contributed by atoms with van der Waals surface area (Å²) >= 11 is 6.46. The number of rotatable bonds is 7. The van der Waals surface area contributed by atoms with Gasteiger partial charge in [0, 0.05) is 31.6 Å². The van der Waals surface area contributed by atoms with Gasteiger partial charge in [-0.1, -0.05) is 66.2 Å². The second-order valence-corrected chi connectivity index (χ2v) is 11.4. The lowest BCUT2D eigenvalue weighted by Crippen LogP contribution is -2.43. The molecule has 1 fully saturated rings. The summed E-state index contributed by atoms with van der Waals surface area (Å²) in [6, 6.07) is 20.0. The van der Waals surface area contributed by atoms with Crippen LogP contribution in [0.15, 0.2) is 71.5 Å². The van der Waals surface area contributed by atoms with Gasteiger partial charge in [0.1, 0.15) is 5.82 Å². The normalized spacial score (nSPS) is 16.5. The van der Waals surface area contributed by atoms with Crippen molar-refractivity contribution in [3.63, 3.8) is 0 Å². The van der Waals surface area contributed by atoms with E-state index in [1.165, 1.54) is 4.90 Å². The predicted octanol–water partition coefficient (Wildman–Crippen LogP) is 6.81. The van der Waals surface area contributed by atoms with Gasteiger partial charge in [-0.05, 0) is 54.2 Å². The Labute approximate surface area is 247 Å². The molecule has 1 N–H and O–H groups in total. The first-order valence-electron chi connectivity index (χ1n) is 14.1. The molecule has 6 rings (SSSR count). The number of alkyl halides is 2. The average Bonchev–Trinajstić information content (AvgIpc) is 3.29. The first-order chi connectivity index (χ1) is 20.2. The zero-order chi connectivity index (χ0) is 29.5. The largest absolute Gasteiger partial charge is 0.465 e.